The molecule has 0 aliphatic heterocycles. The molecule has 0 spiro atoms. The molecule has 4 aromatic rings. The molecule has 3 aromatic carbocycles. The number of hydrogen-bond donors (Lipinski definition) is 1. The zero-order valence-electron chi connectivity index (χ0n) is 17.3. The van der Waals surface area contributed by atoms with E-state index in [1.54, 1.807) is 42.5 Å². The van der Waals surface area contributed by atoms with Gasteiger partial charge in [0, 0.05) is 31.0 Å². The van der Waals surface area contributed by atoms with Gasteiger partial charge in [-0.05, 0) is 52.3 Å². The predicted octanol–water partition coefficient (Wildman–Crippen LogP) is 6.85. The molecule has 0 atom stereocenters. The lowest BCUT2D eigenvalue weighted by atomic mass is 10.2. The van der Waals surface area contributed by atoms with Crippen molar-refractivity contribution in [3.05, 3.63) is 92.1 Å². The normalized spacial score (nSPS) is 11.2. The molecular weight excluding hydrogens is 531 g/mol. The molecule has 33 heavy (non-hydrogen) atoms. The van der Waals surface area contributed by atoms with Crippen molar-refractivity contribution in [2.75, 3.05) is 7.11 Å². The Bertz CT molecular complexity index is 1320. The highest BCUT2D eigenvalue weighted by molar-refractivity contribution is 9.10. The molecule has 9 heteroatoms. The molecule has 6 nitrogen and oxygen atoms in total. The van der Waals surface area contributed by atoms with Gasteiger partial charge in [0.25, 0.3) is 0 Å². The number of ether oxygens (including phenoxy) is 2. The number of furan rings is 1. The van der Waals surface area contributed by atoms with Crippen molar-refractivity contribution in [2.24, 2.45) is 5.10 Å². The quantitative estimate of drug-likeness (QED) is 0.203. The fourth-order valence-corrected chi connectivity index (χ4v) is 3.91. The number of amides is 1. The van der Waals surface area contributed by atoms with Gasteiger partial charge in [0.2, 0.25) is 0 Å². The summed E-state index contributed by atoms with van der Waals surface area (Å²) >= 11 is 15.6. The van der Waals surface area contributed by atoms with E-state index in [0.717, 1.165) is 10.9 Å². The molecule has 168 valence electrons. The highest BCUT2D eigenvalue weighted by Gasteiger charge is 2.13. The molecule has 0 radical (unpaired) electrons. The number of benzene rings is 3. The molecule has 0 fully saturated rings. The van der Waals surface area contributed by atoms with Gasteiger partial charge < -0.3 is 13.9 Å². The number of hydrogen-bond acceptors (Lipinski definition) is 5. The van der Waals surface area contributed by atoms with E-state index in [1.807, 2.05) is 18.2 Å². The van der Waals surface area contributed by atoms with Crippen LogP contribution in [0.15, 0.2) is 74.7 Å². The molecule has 0 unspecified atom stereocenters. The molecular formula is C24H17BrCl2N2O4. The second-order valence-corrected chi connectivity index (χ2v) is 8.59. The van der Waals surface area contributed by atoms with Gasteiger partial charge in [0.05, 0.1) is 13.3 Å². The van der Waals surface area contributed by atoms with Crippen LogP contribution in [0.1, 0.15) is 21.7 Å². The summed E-state index contributed by atoms with van der Waals surface area (Å²) in [4.78, 5) is 12.3. The van der Waals surface area contributed by atoms with Gasteiger partial charge in [-0.1, -0.05) is 47.5 Å². The van der Waals surface area contributed by atoms with Gasteiger partial charge in [0.15, 0.2) is 17.3 Å². The van der Waals surface area contributed by atoms with E-state index in [9.17, 15) is 4.79 Å². The lowest BCUT2D eigenvalue weighted by Gasteiger charge is -2.13. The van der Waals surface area contributed by atoms with Crippen LogP contribution in [-0.4, -0.2) is 19.2 Å². The van der Waals surface area contributed by atoms with E-state index in [-0.39, 0.29) is 12.4 Å². The molecule has 0 aliphatic carbocycles. The van der Waals surface area contributed by atoms with Crippen molar-refractivity contribution in [3.8, 4) is 11.5 Å². The largest absolute Gasteiger partial charge is 0.493 e. The molecule has 1 heterocycles. The van der Waals surface area contributed by atoms with Gasteiger partial charge in [-0.2, -0.15) is 5.10 Å². The molecule has 4 rings (SSSR count). The minimum atomic E-state index is -0.453. The fourth-order valence-electron chi connectivity index (χ4n) is 3.03. The van der Waals surface area contributed by atoms with Crippen LogP contribution in [0.25, 0.3) is 11.0 Å². The maximum Gasteiger partial charge on any atom is 0.307 e. The summed E-state index contributed by atoms with van der Waals surface area (Å²) in [5.74, 6) is 0.729. The van der Waals surface area contributed by atoms with Gasteiger partial charge in [0.1, 0.15) is 12.2 Å². The van der Waals surface area contributed by atoms with E-state index in [1.165, 1.54) is 13.3 Å². The van der Waals surface area contributed by atoms with Crippen LogP contribution < -0.4 is 14.9 Å². The van der Waals surface area contributed by atoms with E-state index in [4.69, 9.17) is 37.1 Å². The molecule has 0 aliphatic rings. The van der Waals surface area contributed by atoms with E-state index in [2.05, 4.69) is 26.5 Å². The van der Waals surface area contributed by atoms with Crippen molar-refractivity contribution in [2.45, 2.75) is 6.61 Å². The summed E-state index contributed by atoms with van der Waals surface area (Å²) in [7, 11) is 1.54. The predicted molar refractivity (Wildman–Crippen MR) is 133 cm³/mol. The molecule has 0 bridgehead atoms. The Labute approximate surface area is 208 Å². The van der Waals surface area contributed by atoms with Crippen LogP contribution in [0, 0.1) is 0 Å². The third-order valence-electron chi connectivity index (χ3n) is 4.70. The standard InChI is InChI=1S/C24H17BrCl2N2O4/c1-31-21-9-16(12-28-29-24(30)23-8-14-4-2-3-5-20(14)33-23)18(25)11-22(21)32-13-15-6-7-17(26)10-19(15)27/h2-12H,13H2,1H3,(H,29,30)/b28-12+. The van der Waals surface area contributed by atoms with Crippen LogP contribution in [0.5, 0.6) is 11.5 Å². The van der Waals surface area contributed by atoms with Gasteiger partial charge in [-0.25, -0.2) is 5.43 Å². The zero-order chi connectivity index (χ0) is 23.4. The summed E-state index contributed by atoms with van der Waals surface area (Å²) in [5, 5.41) is 5.94. The first-order valence-electron chi connectivity index (χ1n) is 9.71. The maximum atomic E-state index is 12.3. The Morgan fingerprint density at radius 3 is 2.70 bits per heavy atom. The molecule has 0 saturated carbocycles. The Hall–Kier alpha value is -3.00. The van der Waals surface area contributed by atoms with Crippen LogP contribution in [-0.2, 0) is 6.61 Å². The second-order valence-electron chi connectivity index (χ2n) is 6.90. The van der Waals surface area contributed by atoms with E-state index < -0.39 is 5.91 Å². The highest BCUT2D eigenvalue weighted by Crippen LogP contribution is 2.34. The second kappa shape index (κ2) is 10.3. The van der Waals surface area contributed by atoms with Crippen molar-refractivity contribution >= 4 is 62.2 Å². The van der Waals surface area contributed by atoms with Crippen LogP contribution in [0.2, 0.25) is 10.0 Å². The number of fused-ring (bicyclic) bond motifs is 1. The van der Waals surface area contributed by atoms with Crippen molar-refractivity contribution in [1.82, 2.24) is 5.43 Å². The van der Waals surface area contributed by atoms with Crippen LogP contribution >= 0.6 is 39.1 Å². The summed E-state index contributed by atoms with van der Waals surface area (Å²) in [6, 6.07) is 17.7. The van der Waals surface area contributed by atoms with Gasteiger partial charge in [-0.3, -0.25) is 4.79 Å². The van der Waals surface area contributed by atoms with Crippen molar-refractivity contribution in [1.29, 1.82) is 0 Å². The number of carbonyl (C=O) groups excluding carboxylic acids is 1. The number of para-hydroxylation sites is 1. The smallest absolute Gasteiger partial charge is 0.307 e. The Morgan fingerprint density at radius 1 is 1.12 bits per heavy atom. The van der Waals surface area contributed by atoms with Gasteiger partial charge in [-0.15, -0.1) is 0 Å². The lowest BCUT2D eigenvalue weighted by Crippen LogP contribution is -2.16. The zero-order valence-corrected chi connectivity index (χ0v) is 20.4. The summed E-state index contributed by atoms with van der Waals surface area (Å²) in [6.07, 6.45) is 1.49. The topological polar surface area (TPSA) is 73.1 Å². The van der Waals surface area contributed by atoms with Gasteiger partial charge >= 0.3 is 5.91 Å². The number of carbonyl (C=O) groups is 1. The summed E-state index contributed by atoms with van der Waals surface area (Å²) in [6.45, 7) is 0.236. The number of hydrazone groups is 1. The molecule has 1 amide bonds. The number of nitrogens with one attached hydrogen (secondary N) is 1. The first-order chi connectivity index (χ1) is 15.9. The molecule has 0 saturated heterocycles. The minimum absolute atomic E-state index is 0.176. The third kappa shape index (κ3) is 5.50. The lowest BCUT2D eigenvalue weighted by molar-refractivity contribution is 0.0929. The van der Waals surface area contributed by atoms with E-state index >= 15 is 0 Å². The average molecular weight is 548 g/mol. The Kier molecular flexibility index (Phi) is 7.23. The third-order valence-corrected chi connectivity index (χ3v) is 5.97. The number of methoxy groups -OCH3 is 1. The SMILES string of the molecule is COc1cc(/C=N/NC(=O)c2cc3ccccc3o2)c(Br)cc1OCc1ccc(Cl)cc1Cl. The van der Waals surface area contributed by atoms with Crippen molar-refractivity contribution in [3.63, 3.8) is 0 Å². The summed E-state index contributed by atoms with van der Waals surface area (Å²) < 4.78 is 17.6. The number of rotatable bonds is 7. The minimum Gasteiger partial charge on any atom is -0.493 e. The number of halogens is 3. The Morgan fingerprint density at radius 2 is 1.94 bits per heavy atom. The van der Waals surface area contributed by atoms with Crippen molar-refractivity contribution < 1.29 is 18.7 Å². The Balaban J connectivity index is 1.45. The van der Waals surface area contributed by atoms with Crippen LogP contribution in [0.3, 0.4) is 0 Å². The van der Waals surface area contributed by atoms with Crippen LogP contribution in [0.4, 0.5) is 0 Å². The number of nitrogens with zero attached hydrogens (tertiary/aromatic N) is 1. The monoisotopic (exact) mass is 546 g/mol. The summed E-state index contributed by atoms with van der Waals surface area (Å²) in [5.41, 5.74) is 4.56. The highest BCUT2D eigenvalue weighted by atomic mass is 79.9. The van der Waals surface area contributed by atoms with E-state index in [0.29, 0.717) is 37.2 Å². The first-order valence-corrected chi connectivity index (χ1v) is 11.3. The molecule has 1 N–H and O–H groups in total. The maximum absolute atomic E-state index is 12.3. The fraction of sp³-hybridized carbons (Fsp3) is 0.0833. The first kappa shape index (κ1) is 23.2. The average Bonchev–Trinajstić information content (AvgIpc) is 3.24. The molecule has 1 aromatic heterocycles.